The maximum atomic E-state index is 11.0. The molecule has 0 aliphatic carbocycles. The third-order valence-corrected chi connectivity index (χ3v) is 3.17. The molecule has 1 aliphatic heterocycles. The lowest BCUT2D eigenvalue weighted by molar-refractivity contribution is -0.114. The number of rotatable bonds is 5. The highest BCUT2D eigenvalue weighted by molar-refractivity contribution is 5.71. The van der Waals surface area contributed by atoms with Crippen LogP contribution in [0.4, 0.5) is 11.6 Å². The SMILES string of the molecule is CCON(C=O)c1cc(N2CCCCC2)nc(=N)n1O. The standard InChI is InChI=1S/C12H19N5O3/c1-2-20-16(9-18)11-8-10(14-12(13)17(11)19)15-6-4-3-5-7-15/h8-9,13,19H,2-7H2,1H3. The Balaban J connectivity index is 2.37. The van der Waals surface area contributed by atoms with E-state index < -0.39 is 0 Å². The van der Waals surface area contributed by atoms with Gasteiger partial charge in [0.05, 0.1) is 6.61 Å². The van der Waals surface area contributed by atoms with Gasteiger partial charge in [0.25, 0.3) is 5.62 Å². The van der Waals surface area contributed by atoms with Crippen LogP contribution in [-0.4, -0.2) is 41.0 Å². The highest BCUT2D eigenvalue weighted by Crippen LogP contribution is 2.20. The van der Waals surface area contributed by atoms with Gasteiger partial charge in [-0.3, -0.25) is 15.0 Å². The zero-order valence-electron chi connectivity index (χ0n) is 11.4. The van der Waals surface area contributed by atoms with Crippen molar-refractivity contribution in [1.29, 1.82) is 5.41 Å². The third-order valence-electron chi connectivity index (χ3n) is 3.17. The summed E-state index contributed by atoms with van der Waals surface area (Å²) in [6, 6.07) is 1.55. The van der Waals surface area contributed by atoms with Crippen LogP contribution in [0, 0.1) is 5.41 Å². The number of hydrogen-bond donors (Lipinski definition) is 2. The van der Waals surface area contributed by atoms with Gasteiger partial charge in [-0.05, 0) is 26.2 Å². The van der Waals surface area contributed by atoms with Crippen molar-refractivity contribution in [3.8, 4) is 0 Å². The van der Waals surface area contributed by atoms with E-state index in [1.807, 2.05) is 4.90 Å². The molecule has 2 heterocycles. The average Bonchev–Trinajstić information content (AvgIpc) is 2.48. The second-order valence-corrected chi connectivity index (χ2v) is 4.50. The molecule has 1 aliphatic rings. The van der Waals surface area contributed by atoms with E-state index in [-0.39, 0.29) is 18.0 Å². The Kier molecular flexibility index (Phi) is 4.57. The molecule has 8 nitrogen and oxygen atoms in total. The number of hydrogen-bond acceptors (Lipinski definition) is 6. The summed E-state index contributed by atoms with van der Waals surface area (Å²) < 4.78 is 0.525. The number of anilines is 2. The van der Waals surface area contributed by atoms with Crippen molar-refractivity contribution in [2.45, 2.75) is 26.2 Å². The lowest BCUT2D eigenvalue weighted by Crippen LogP contribution is -2.36. The van der Waals surface area contributed by atoms with Crippen LogP contribution in [0.15, 0.2) is 6.07 Å². The van der Waals surface area contributed by atoms with E-state index in [9.17, 15) is 10.0 Å². The fourth-order valence-electron chi connectivity index (χ4n) is 2.20. The summed E-state index contributed by atoms with van der Waals surface area (Å²) in [7, 11) is 0. The molecule has 2 rings (SSSR count). The van der Waals surface area contributed by atoms with Crippen molar-refractivity contribution >= 4 is 18.0 Å². The summed E-state index contributed by atoms with van der Waals surface area (Å²) >= 11 is 0. The monoisotopic (exact) mass is 281 g/mol. The summed E-state index contributed by atoms with van der Waals surface area (Å²) in [5.41, 5.74) is -0.338. The molecule has 1 aromatic rings. The molecule has 0 unspecified atom stereocenters. The Morgan fingerprint density at radius 3 is 2.80 bits per heavy atom. The molecule has 0 radical (unpaired) electrons. The maximum Gasteiger partial charge on any atom is 0.259 e. The van der Waals surface area contributed by atoms with Crippen LogP contribution in [0.25, 0.3) is 0 Å². The number of nitrogens with one attached hydrogen (secondary N) is 1. The van der Waals surface area contributed by atoms with E-state index in [0.29, 0.717) is 17.0 Å². The molecular formula is C12H19N5O3. The van der Waals surface area contributed by atoms with Crippen molar-refractivity contribution in [3.63, 3.8) is 0 Å². The number of carbonyl (C=O) groups is 1. The Bertz CT molecular complexity index is 524. The second-order valence-electron chi connectivity index (χ2n) is 4.50. The lowest BCUT2D eigenvalue weighted by atomic mass is 10.1. The normalized spacial score (nSPS) is 15.2. The number of aromatic nitrogens is 2. The molecule has 20 heavy (non-hydrogen) atoms. The molecule has 0 saturated carbocycles. The molecule has 2 N–H and O–H groups in total. The van der Waals surface area contributed by atoms with Crippen LogP contribution >= 0.6 is 0 Å². The highest BCUT2D eigenvalue weighted by atomic mass is 16.7. The molecule has 1 aromatic heterocycles. The van der Waals surface area contributed by atoms with E-state index in [1.54, 1.807) is 13.0 Å². The Labute approximate surface area is 116 Å². The highest BCUT2D eigenvalue weighted by Gasteiger charge is 2.18. The molecule has 1 fully saturated rings. The molecule has 0 bridgehead atoms. The fraction of sp³-hybridized carbons (Fsp3) is 0.583. The maximum absolute atomic E-state index is 11.0. The van der Waals surface area contributed by atoms with Crippen LogP contribution in [0.1, 0.15) is 26.2 Å². The van der Waals surface area contributed by atoms with E-state index in [1.165, 1.54) is 6.42 Å². The molecule has 0 atom stereocenters. The molecule has 1 amide bonds. The van der Waals surface area contributed by atoms with E-state index in [4.69, 9.17) is 10.2 Å². The van der Waals surface area contributed by atoms with Gasteiger partial charge in [0.15, 0.2) is 5.82 Å². The van der Waals surface area contributed by atoms with Gasteiger partial charge in [-0.1, -0.05) is 0 Å². The van der Waals surface area contributed by atoms with Crippen LogP contribution in [-0.2, 0) is 9.63 Å². The van der Waals surface area contributed by atoms with Crippen molar-refractivity contribution in [2.75, 3.05) is 29.7 Å². The quantitative estimate of drug-likeness (QED) is 0.466. The van der Waals surface area contributed by atoms with Crippen LogP contribution in [0.5, 0.6) is 0 Å². The zero-order valence-corrected chi connectivity index (χ0v) is 11.4. The molecule has 8 heteroatoms. The first-order valence-corrected chi connectivity index (χ1v) is 6.67. The minimum Gasteiger partial charge on any atom is -0.423 e. The van der Waals surface area contributed by atoms with Gasteiger partial charge in [-0.25, -0.2) is 0 Å². The zero-order chi connectivity index (χ0) is 14.5. The minimum absolute atomic E-state index is 0.0717. The number of hydroxylamine groups is 1. The number of amides is 1. The number of piperidine rings is 1. The first kappa shape index (κ1) is 14.3. The van der Waals surface area contributed by atoms with Crippen LogP contribution in [0.3, 0.4) is 0 Å². The Morgan fingerprint density at radius 1 is 1.50 bits per heavy atom. The summed E-state index contributed by atoms with van der Waals surface area (Å²) in [5.74, 6) is 0.643. The van der Waals surface area contributed by atoms with Gasteiger partial charge < -0.3 is 10.1 Å². The minimum atomic E-state index is -0.338. The van der Waals surface area contributed by atoms with Gasteiger partial charge in [0.2, 0.25) is 6.41 Å². The largest absolute Gasteiger partial charge is 0.423 e. The Hall–Kier alpha value is -2.09. The molecule has 0 aromatic carbocycles. The number of nitrogens with zero attached hydrogens (tertiary/aromatic N) is 4. The second kappa shape index (κ2) is 6.38. The molecule has 110 valence electrons. The summed E-state index contributed by atoms with van der Waals surface area (Å²) in [6.07, 6.45) is 3.77. The van der Waals surface area contributed by atoms with E-state index in [0.717, 1.165) is 31.0 Å². The summed E-state index contributed by atoms with van der Waals surface area (Å²) in [5, 5.41) is 18.4. The third kappa shape index (κ3) is 2.90. The van der Waals surface area contributed by atoms with Gasteiger partial charge in [-0.2, -0.15) is 10.0 Å². The van der Waals surface area contributed by atoms with Gasteiger partial charge in [0, 0.05) is 19.2 Å². The predicted octanol–water partition coefficient (Wildman–Crippen LogP) is 0.504. The number of carbonyl (C=O) groups excluding carboxylic acids is 1. The first-order chi connectivity index (χ1) is 9.67. The van der Waals surface area contributed by atoms with Crippen molar-refractivity contribution in [3.05, 3.63) is 11.7 Å². The first-order valence-electron chi connectivity index (χ1n) is 6.67. The Morgan fingerprint density at radius 2 is 2.20 bits per heavy atom. The average molecular weight is 281 g/mol. The lowest BCUT2D eigenvalue weighted by Gasteiger charge is -2.28. The van der Waals surface area contributed by atoms with E-state index >= 15 is 0 Å². The van der Waals surface area contributed by atoms with Gasteiger partial charge >= 0.3 is 0 Å². The van der Waals surface area contributed by atoms with Crippen molar-refractivity contribution < 1.29 is 14.8 Å². The summed E-state index contributed by atoms with van der Waals surface area (Å²) in [4.78, 5) is 22.2. The van der Waals surface area contributed by atoms with Gasteiger partial charge in [0.1, 0.15) is 5.82 Å². The van der Waals surface area contributed by atoms with Crippen molar-refractivity contribution in [1.82, 2.24) is 9.71 Å². The topological polar surface area (TPSA) is 94.7 Å². The summed E-state index contributed by atoms with van der Waals surface area (Å²) in [6.45, 7) is 3.72. The molecular weight excluding hydrogens is 262 g/mol. The van der Waals surface area contributed by atoms with Crippen LogP contribution in [0.2, 0.25) is 0 Å². The van der Waals surface area contributed by atoms with Gasteiger partial charge in [-0.15, -0.1) is 4.73 Å². The molecule has 0 spiro atoms. The smallest absolute Gasteiger partial charge is 0.259 e. The predicted molar refractivity (Wildman–Crippen MR) is 71.5 cm³/mol. The molecule has 1 saturated heterocycles. The fourth-order valence-corrected chi connectivity index (χ4v) is 2.20. The van der Waals surface area contributed by atoms with E-state index in [2.05, 4.69) is 4.98 Å². The van der Waals surface area contributed by atoms with Crippen molar-refractivity contribution in [2.24, 2.45) is 0 Å². The van der Waals surface area contributed by atoms with Crippen LogP contribution < -0.4 is 15.6 Å².